The van der Waals surface area contributed by atoms with Gasteiger partial charge in [-0.2, -0.15) is 4.73 Å². The third-order valence-corrected chi connectivity index (χ3v) is 1.15. The number of hydrogen-bond donors (Lipinski definition) is 1. The van der Waals surface area contributed by atoms with Gasteiger partial charge in [0.25, 0.3) is 0 Å². The van der Waals surface area contributed by atoms with Crippen LogP contribution in [0.1, 0.15) is 0 Å². The third-order valence-electron chi connectivity index (χ3n) is 0.804. The van der Waals surface area contributed by atoms with Crippen LogP contribution in [0.25, 0.3) is 0 Å². The third kappa shape index (κ3) is 2.41. The first kappa shape index (κ1) is 9.04. The number of hydrogen-bond acceptors (Lipinski definition) is 2. The molecule has 4 heteroatoms. The van der Waals surface area contributed by atoms with E-state index in [1.807, 2.05) is 0 Å². The molecule has 0 atom stereocenters. The Balaban J connectivity index is 0.000000640. The van der Waals surface area contributed by atoms with Gasteiger partial charge in [0.05, 0.1) is 0 Å². The van der Waals surface area contributed by atoms with E-state index >= 15 is 0 Å². The molecular formula is C5H5AgNOS. The average Bonchev–Trinajstić information content (AvgIpc) is 1.77. The van der Waals surface area contributed by atoms with E-state index in [2.05, 4.69) is 12.6 Å². The van der Waals surface area contributed by atoms with E-state index in [0.717, 1.165) is 0 Å². The van der Waals surface area contributed by atoms with Crippen LogP contribution in [0.4, 0.5) is 0 Å². The number of pyridine rings is 1. The van der Waals surface area contributed by atoms with Crippen LogP contribution in [0.2, 0.25) is 0 Å². The fourth-order valence-electron chi connectivity index (χ4n) is 0.419. The summed E-state index contributed by atoms with van der Waals surface area (Å²) in [6.07, 6.45) is 1.41. The quantitative estimate of drug-likeness (QED) is 0.303. The van der Waals surface area contributed by atoms with Gasteiger partial charge in [0.2, 0.25) is 5.03 Å². The van der Waals surface area contributed by atoms with Crippen molar-refractivity contribution in [1.29, 1.82) is 0 Å². The Kier molecular flexibility index (Phi) is 3.97. The van der Waals surface area contributed by atoms with Crippen molar-refractivity contribution in [2.75, 3.05) is 0 Å². The molecule has 0 unspecified atom stereocenters. The molecule has 0 fully saturated rings. The second-order valence-corrected chi connectivity index (χ2v) is 1.84. The Morgan fingerprint density at radius 1 is 1.44 bits per heavy atom. The van der Waals surface area contributed by atoms with Gasteiger partial charge in [-0.05, 0) is 6.07 Å². The number of rotatable bonds is 0. The molecule has 0 aliphatic heterocycles. The minimum Gasteiger partial charge on any atom is -0.618 e. The summed E-state index contributed by atoms with van der Waals surface area (Å²) in [6.45, 7) is 0. The summed E-state index contributed by atoms with van der Waals surface area (Å²) in [6, 6.07) is 5.06. The van der Waals surface area contributed by atoms with E-state index in [-0.39, 0.29) is 22.4 Å². The van der Waals surface area contributed by atoms with Crippen LogP contribution in [-0.4, -0.2) is 0 Å². The molecule has 0 bridgehead atoms. The topological polar surface area (TPSA) is 26.9 Å². The SMILES string of the molecule is [Ag].[O-][n+]1ccccc1S. The maximum atomic E-state index is 10.5. The van der Waals surface area contributed by atoms with Gasteiger partial charge >= 0.3 is 0 Å². The summed E-state index contributed by atoms with van der Waals surface area (Å²) in [5, 5.41) is 10.9. The normalized spacial score (nSPS) is 8.11. The number of thiol groups is 1. The largest absolute Gasteiger partial charge is 0.618 e. The van der Waals surface area contributed by atoms with Crippen LogP contribution in [0.3, 0.4) is 0 Å². The van der Waals surface area contributed by atoms with Gasteiger partial charge in [0, 0.05) is 34.5 Å². The van der Waals surface area contributed by atoms with Crippen molar-refractivity contribution in [3.63, 3.8) is 0 Å². The number of aromatic nitrogens is 1. The van der Waals surface area contributed by atoms with Gasteiger partial charge in [-0.1, -0.05) is 12.6 Å². The zero-order valence-corrected chi connectivity index (χ0v) is 6.79. The molecule has 2 nitrogen and oxygen atoms in total. The summed E-state index contributed by atoms with van der Waals surface area (Å²) < 4.78 is 0.698. The fraction of sp³-hybridized carbons (Fsp3) is 0. The molecule has 9 heavy (non-hydrogen) atoms. The molecule has 1 rings (SSSR count). The Morgan fingerprint density at radius 3 is 2.44 bits per heavy atom. The van der Waals surface area contributed by atoms with Gasteiger partial charge in [-0.15, -0.1) is 0 Å². The summed E-state index contributed by atoms with van der Waals surface area (Å²) >= 11 is 3.85. The van der Waals surface area contributed by atoms with E-state index in [0.29, 0.717) is 9.76 Å². The van der Waals surface area contributed by atoms with Gasteiger partial charge in [-0.3, -0.25) is 0 Å². The molecule has 0 aromatic carbocycles. The molecule has 1 aromatic heterocycles. The number of nitrogens with zero attached hydrogens (tertiary/aromatic N) is 1. The van der Waals surface area contributed by atoms with Crippen molar-refractivity contribution >= 4 is 12.6 Å². The van der Waals surface area contributed by atoms with E-state index < -0.39 is 0 Å². The van der Waals surface area contributed by atoms with Crippen molar-refractivity contribution in [3.8, 4) is 0 Å². The van der Waals surface area contributed by atoms with Crippen molar-refractivity contribution in [3.05, 3.63) is 29.6 Å². The van der Waals surface area contributed by atoms with E-state index in [1.165, 1.54) is 6.20 Å². The van der Waals surface area contributed by atoms with Gasteiger partial charge < -0.3 is 5.21 Å². The minimum absolute atomic E-state index is 0. The molecule has 0 aliphatic carbocycles. The first-order valence-electron chi connectivity index (χ1n) is 2.18. The van der Waals surface area contributed by atoms with Gasteiger partial charge in [0.15, 0.2) is 6.20 Å². The summed E-state index contributed by atoms with van der Waals surface area (Å²) in [5.41, 5.74) is 0. The Morgan fingerprint density at radius 2 is 2.11 bits per heavy atom. The predicted octanol–water partition coefficient (Wildman–Crippen LogP) is 0.606. The molecule has 1 aromatic rings. The smallest absolute Gasteiger partial charge is 0.248 e. The van der Waals surface area contributed by atoms with Crippen molar-refractivity contribution < 1.29 is 27.1 Å². The van der Waals surface area contributed by atoms with Gasteiger partial charge in [0.1, 0.15) is 0 Å². The van der Waals surface area contributed by atoms with E-state index in [1.54, 1.807) is 18.2 Å². The van der Waals surface area contributed by atoms with Crippen molar-refractivity contribution in [2.24, 2.45) is 0 Å². The summed E-state index contributed by atoms with van der Waals surface area (Å²) in [4.78, 5) is 0. The molecule has 1 heterocycles. The molecule has 0 saturated carbocycles. The molecule has 0 amide bonds. The van der Waals surface area contributed by atoms with E-state index in [9.17, 15) is 5.21 Å². The molecule has 53 valence electrons. The maximum Gasteiger partial charge on any atom is 0.248 e. The summed E-state index contributed by atoms with van der Waals surface area (Å²) in [7, 11) is 0. The molecule has 0 N–H and O–H groups in total. The van der Waals surface area contributed by atoms with Crippen LogP contribution >= 0.6 is 12.6 Å². The Hall–Kier alpha value is 0.0403. The second kappa shape index (κ2) is 3.95. The van der Waals surface area contributed by atoms with Crippen LogP contribution in [0.15, 0.2) is 29.4 Å². The van der Waals surface area contributed by atoms with Crippen LogP contribution < -0.4 is 4.73 Å². The average molecular weight is 235 g/mol. The summed E-state index contributed by atoms with van der Waals surface area (Å²) in [5.74, 6) is 0. The fourth-order valence-corrected chi connectivity index (χ4v) is 0.572. The molecule has 0 saturated heterocycles. The monoisotopic (exact) mass is 234 g/mol. The van der Waals surface area contributed by atoms with E-state index in [4.69, 9.17) is 0 Å². The molecule has 0 aliphatic rings. The second-order valence-electron chi connectivity index (χ2n) is 1.38. The van der Waals surface area contributed by atoms with Crippen LogP contribution in [-0.2, 0) is 22.4 Å². The zero-order chi connectivity index (χ0) is 5.98. The van der Waals surface area contributed by atoms with Crippen molar-refractivity contribution in [2.45, 2.75) is 5.03 Å². The maximum absolute atomic E-state index is 10.5. The standard InChI is InChI=1S/C5H5NOS.Ag/c7-6-4-2-1-3-5(6)8;/h1-4,8H;. The molecular weight excluding hydrogens is 230 g/mol. The molecule has 1 radical (unpaired) electrons. The zero-order valence-electron chi connectivity index (χ0n) is 4.41. The predicted molar refractivity (Wildman–Crippen MR) is 32.7 cm³/mol. The minimum atomic E-state index is 0. The van der Waals surface area contributed by atoms with Crippen molar-refractivity contribution in [1.82, 2.24) is 0 Å². The molecule has 0 spiro atoms. The Bertz CT molecular complexity index is 173. The first-order valence-corrected chi connectivity index (χ1v) is 2.62. The van der Waals surface area contributed by atoms with Crippen LogP contribution in [0, 0.1) is 5.21 Å². The first-order chi connectivity index (χ1) is 3.80. The van der Waals surface area contributed by atoms with Crippen LogP contribution in [0.5, 0.6) is 0 Å². The Labute approximate surface area is 74.4 Å². The van der Waals surface area contributed by atoms with Gasteiger partial charge in [-0.25, -0.2) is 0 Å².